The standard InChI is InChI=1S/C13H16N4OS/c1-16-9-14-15-12(16)10-2-5-17(6-3-10)13(18)11-4-7-19-8-11/h4,7-10H,2-3,5-6H2,1H3. The van der Waals surface area contributed by atoms with Crippen LogP contribution in [0.5, 0.6) is 0 Å². The van der Waals surface area contributed by atoms with E-state index in [1.165, 1.54) is 0 Å². The number of rotatable bonds is 2. The molecule has 0 atom stereocenters. The van der Waals surface area contributed by atoms with E-state index in [1.807, 2.05) is 33.3 Å². The van der Waals surface area contributed by atoms with Gasteiger partial charge in [0.1, 0.15) is 12.2 Å². The minimum absolute atomic E-state index is 0.151. The van der Waals surface area contributed by atoms with Crippen LogP contribution in [-0.2, 0) is 7.05 Å². The van der Waals surface area contributed by atoms with Crippen LogP contribution < -0.4 is 0 Å². The number of nitrogens with zero attached hydrogens (tertiary/aromatic N) is 4. The smallest absolute Gasteiger partial charge is 0.254 e. The molecule has 1 fully saturated rings. The summed E-state index contributed by atoms with van der Waals surface area (Å²) in [6, 6.07) is 1.89. The van der Waals surface area contributed by atoms with Crippen molar-refractivity contribution in [1.82, 2.24) is 19.7 Å². The van der Waals surface area contributed by atoms with E-state index in [0.29, 0.717) is 5.92 Å². The van der Waals surface area contributed by atoms with Crippen molar-refractivity contribution in [3.05, 3.63) is 34.5 Å². The van der Waals surface area contributed by atoms with E-state index < -0.39 is 0 Å². The van der Waals surface area contributed by atoms with E-state index in [0.717, 1.165) is 37.3 Å². The maximum Gasteiger partial charge on any atom is 0.254 e. The van der Waals surface area contributed by atoms with Crippen LogP contribution in [0.2, 0.25) is 0 Å². The van der Waals surface area contributed by atoms with Gasteiger partial charge in [-0.15, -0.1) is 10.2 Å². The zero-order valence-corrected chi connectivity index (χ0v) is 11.6. The molecule has 0 aromatic carbocycles. The Morgan fingerprint density at radius 1 is 1.42 bits per heavy atom. The zero-order chi connectivity index (χ0) is 13.2. The van der Waals surface area contributed by atoms with Gasteiger partial charge in [0, 0.05) is 31.4 Å². The van der Waals surface area contributed by atoms with Gasteiger partial charge in [-0.2, -0.15) is 11.3 Å². The summed E-state index contributed by atoms with van der Waals surface area (Å²) in [5.74, 6) is 1.60. The van der Waals surface area contributed by atoms with Crippen LogP contribution in [0, 0.1) is 0 Å². The molecule has 1 amide bonds. The Hall–Kier alpha value is -1.69. The molecule has 3 rings (SSSR count). The van der Waals surface area contributed by atoms with Crippen molar-refractivity contribution < 1.29 is 4.79 Å². The molecule has 1 saturated heterocycles. The van der Waals surface area contributed by atoms with Crippen LogP contribution in [0.4, 0.5) is 0 Å². The monoisotopic (exact) mass is 276 g/mol. The third-order valence-corrected chi connectivity index (χ3v) is 4.35. The summed E-state index contributed by atoms with van der Waals surface area (Å²) in [6.45, 7) is 1.60. The second-order valence-corrected chi connectivity index (χ2v) is 5.66. The molecule has 2 aromatic heterocycles. The third-order valence-electron chi connectivity index (χ3n) is 3.66. The minimum Gasteiger partial charge on any atom is -0.339 e. The molecule has 0 aliphatic carbocycles. The van der Waals surface area contributed by atoms with Gasteiger partial charge < -0.3 is 9.47 Å². The van der Waals surface area contributed by atoms with E-state index in [1.54, 1.807) is 17.7 Å². The molecule has 2 aromatic rings. The van der Waals surface area contributed by atoms with Crippen molar-refractivity contribution in [1.29, 1.82) is 0 Å². The van der Waals surface area contributed by atoms with Crippen molar-refractivity contribution in [2.24, 2.45) is 7.05 Å². The Balaban J connectivity index is 1.64. The molecule has 0 radical (unpaired) electrons. The molecule has 1 aliphatic rings. The van der Waals surface area contributed by atoms with Gasteiger partial charge in [-0.05, 0) is 24.3 Å². The normalized spacial score (nSPS) is 16.8. The summed E-state index contributed by atoms with van der Waals surface area (Å²) < 4.78 is 1.97. The van der Waals surface area contributed by atoms with Crippen molar-refractivity contribution in [3.8, 4) is 0 Å². The highest BCUT2D eigenvalue weighted by molar-refractivity contribution is 7.08. The highest BCUT2D eigenvalue weighted by Gasteiger charge is 2.26. The number of carbonyl (C=O) groups excluding carboxylic acids is 1. The quantitative estimate of drug-likeness (QED) is 0.841. The van der Waals surface area contributed by atoms with Crippen LogP contribution in [0.1, 0.15) is 34.9 Å². The van der Waals surface area contributed by atoms with E-state index in [2.05, 4.69) is 10.2 Å². The molecule has 100 valence electrons. The number of likely N-dealkylation sites (tertiary alicyclic amines) is 1. The maximum absolute atomic E-state index is 12.2. The highest BCUT2D eigenvalue weighted by Crippen LogP contribution is 2.27. The average molecular weight is 276 g/mol. The Bertz CT molecular complexity index is 555. The van der Waals surface area contributed by atoms with E-state index in [-0.39, 0.29) is 5.91 Å². The van der Waals surface area contributed by atoms with Gasteiger partial charge in [-0.3, -0.25) is 4.79 Å². The lowest BCUT2D eigenvalue weighted by Crippen LogP contribution is -2.38. The van der Waals surface area contributed by atoms with Crippen LogP contribution in [-0.4, -0.2) is 38.7 Å². The first-order valence-electron chi connectivity index (χ1n) is 6.41. The molecular formula is C13H16N4OS. The fourth-order valence-corrected chi connectivity index (χ4v) is 3.20. The number of aromatic nitrogens is 3. The van der Waals surface area contributed by atoms with Crippen molar-refractivity contribution in [3.63, 3.8) is 0 Å². The van der Waals surface area contributed by atoms with Gasteiger partial charge in [-0.25, -0.2) is 0 Å². The van der Waals surface area contributed by atoms with E-state index in [9.17, 15) is 4.79 Å². The molecule has 0 unspecified atom stereocenters. The van der Waals surface area contributed by atoms with Crippen LogP contribution >= 0.6 is 11.3 Å². The zero-order valence-electron chi connectivity index (χ0n) is 10.8. The number of amides is 1. The molecule has 0 saturated carbocycles. The molecule has 1 aliphatic heterocycles. The summed E-state index contributed by atoms with van der Waals surface area (Å²) in [7, 11) is 1.97. The Kier molecular flexibility index (Phi) is 3.33. The average Bonchev–Trinajstić information content (AvgIpc) is 3.09. The second kappa shape index (κ2) is 5.13. The number of piperidine rings is 1. The van der Waals surface area contributed by atoms with Crippen molar-refractivity contribution in [2.45, 2.75) is 18.8 Å². The van der Waals surface area contributed by atoms with Gasteiger partial charge in [0.25, 0.3) is 5.91 Å². The SMILES string of the molecule is Cn1cnnc1C1CCN(C(=O)c2ccsc2)CC1. The summed E-state index contributed by atoms with van der Waals surface area (Å²) in [5, 5.41) is 12.0. The third kappa shape index (κ3) is 2.40. The van der Waals surface area contributed by atoms with Gasteiger partial charge in [-0.1, -0.05) is 0 Å². The van der Waals surface area contributed by atoms with Gasteiger partial charge in [0.05, 0.1) is 5.56 Å². The molecule has 0 N–H and O–H groups in total. The van der Waals surface area contributed by atoms with Crippen LogP contribution in [0.25, 0.3) is 0 Å². The minimum atomic E-state index is 0.151. The van der Waals surface area contributed by atoms with Gasteiger partial charge in [0.2, 0.25) is 0 Å². The number of carbonyl (C=O) groups is 1. The van der Waals surface area contributed by atoms with Gasteiger partial charge in [0.15, 0.2) is 0 Å². The predicted octanol–water partition coefficient (Wildman–Crippen LogP) is 1.90. The Morgan fingerprint density at radius 3 is 2.79 bits per heavy atom. The van der Waals surface area contributed by atoms with E-state index >= 15 is 0 Å². The number of thiophene rings is 1. The Labute approximate surface area is 115 Å². The van der Waals surface area contributed by atoms with Crippen LogP contribution in [0.3, 0.4) is 0 Å². The number of hydrogen-bond donors (Lipinski definition) is 0. The first kappa shape index (κ1) is 12.3. The molecule has 5 nitrogen and oxygen atoms in total. The van der Waals surface area contributed by atoms with Crippen molar-refractivity contribution >= 4 is 17.2 Å². The summed E-state index contributed by atoms with van der Waals surface area (Å²) in [5.41, 5.74) is 0.808. The molecular weight excluding hydrogens is 260 g/mol. The fourth-order valence-electron chi connectivity index (χ4n) is 2.57. The molecule has 0 spiro atoms. The maximum atomic E-state index is 12.2. The first-order valence-corrected chi connectivity index (χ1v) is 7.35. The summed E-state index contributed by atoms with van der Waals surface area (Å²) >= 11 is 1.56. The number of aryl methyl sites for hydroxylation is 1. The first-order chi connectivity index (χ1) is 9.25. The molecule has 3 heterocycles. The van der Waals surface area contributed by atoms with Crippen LogP contribution in [0.15, 0.2) is 23.2 Å². The largest absolute Gasteiger partial charge is 0.339 e. The lowest BCUT2D eigenvalue weighted by atomic mass is 9.95. The molecule has 0 bridgehead atoms. The predicted molar refractivity (Wildman–Crippen MR) is 73.2 cm³/mol. The van der Waals surface area contributed by atoms with Gasteiger partial charge >= 0.3 is 0 Å². The van der Waals surface area contributed by atoms with E-state index in [4.69, 9.17) is 0 Å². The van der Waals surface area contributed by atoms with Crippen molar-refractivity contribution in [2.75, 3.05) is 13.1 Å². The summed E-state index contributed by atoms with van der Waals surface area (Å²) in [4.78, 5) is 14.2. The molecule has 19 heavy (non-hydrogen) atoms. The second-order valence-electron chi connectivity index (χ2n) is 4.88. The Morgan fingerprint density at radius 2 is 2.21 bits per heavy atom. The highest BCUT2D eigenvalue weighted by atomic mass is 32.1. The molecule has 6 heteroatoms. The number of hydrogen-bond acceptors (Lipinski definition) is 4. The lowest BCUT2D eigenvalue weighted by molar-refractivity contribution is 0.0711. The topological polar surface area (TPSA) is 51.0 Å². The fraction of sp³-hybridized carbons (Fsp3) is 0.462. The lowest BCUT2D eigenvalue weighted by Gasteiger charge is -2.31. The summed E-state index contributed by atoms with van der Waals surface area (Å²) in [6.07, 6.45) is 3.66.